The van der Waals surface area contributed by atoms with Crippen LogP contribution in [0.2, 0.25) is 0 Å². The maximum absolute atomic E-state index is 13.3. The Morgan fingerprint density at radius 1 is 1.06 bits per heavy atom. The van der Waals surface area contributed by atoms with E-state index < -0.39 is 0 Å². The molecule has 4 aromatic rings. The number of anilines is 1. The Morgan fingerprint density at radius 3 is 2.58 bits per heavy atom. The summed E-state index contributed by atoms with van der Waals surface area (Å²) in [7, 11) is 0. The molecule has 156 valence electrons. The van der Waals surface area contributed by atoms with E-state index in [1.807, 2.05) is 60.9 Å². The number of thioether (sulfide) groups is 1. The highest BCUT2D eigenvalue weighted by Crippen LogP contribution is 2.24. The van der Waals surface area contributed by atoms with Crippen molar-refractivity contribution in [1.82, 2.24) is 9.78 Å². The predicted molar refractivity (Wildman–Crippen MR) is 120 cm³/mol. The van der Waals surface area contributed by atoms with Gasteiger partial charge in [0.1, 0.15) is 12.4 Å². The lowest BCUT2D eigenvalue weighted by Crippen LogP contribution is -2.14. The largest absolute Gasteiger partial charge is 0.485 e. The first-order valence-corrected chi connectivity index (χ1v) is 10.8. The molecule has 1 aromatic heterocycles. The standard InChI is InChI=1S/C24H20FN3O2S/c1-31-21-9-5-8-19(14-21)26-24(29)23-22(30-16-17-6-3-2-4-7-17)15-28(27-23)20-12-10-18(25)11-13-20/h2-15H,16H2,1H3,(H,26,29). The van der Waals surface area contributed by atoms with Crippen LogP contribution < -0.4 is 10.1 Å². The fraction of sp³-hybridized carbons (Fsp3) is 0.0833. The van der Waals surface area contributed by atoms with Crippen LogP contribution in [0.5, 0.6) is 5.75 Å². The van der Waals surface area contributed by atoms with Crippen molar-refractivity contribution < 1.29 is 13.9 Å². The molecule has 7 heteroatoms. The molecule has 4 rings (SSSR count). The zero-order chi connectivity index (χ0) is 21.6. The van der Waals surface area contributed by atoms with Gasteiger partial charge in [-0.2, -0.15) is 5.10 Å². The molecular weight excluding hydrogens is 413 g/mol. The van der Waals surface area contributed by atoms with Crippen molar-refractivity contribution in [2.45, 2.75) is 11.5 Å². The van der Waals surface area contributed by atoms with Crippen LogP contribution in [0.15, 0.2) is 90.0 Å². The molecule has 1 amide bonds. The van der Waals surface area contributed by atoms with E-state index in [1.165, 1.54) is 16.8 Å². The summed E-state index contributed by atoms with van der Waals surface area (Å²) in [6.07, 6.45) is 3.60. The lowest BCUT2D eigenvalue weighted by molar-refractivity contribution is 0.101. The monoisotopic (exact) mass is 433 g/mol. The number of ether oxygens (including phenoxy) is 1. The van der Waals surface area contributed by atoms with Crippen molar-refractivity contribution in [3.8, 4) is 11.4 Å². The smallest absolute Gasteiger partial charge is 0.280 e. The van der Waals surface area contributed by atoms with Crippen LogP contribution in [0, 0.1) is 5.82 Å². The fourth-order valence-electron chi connectivity index (χ4n) is 2.97. The number of benzene rings is 3. The molecule has 0 fully saturated rings. The van der Waals surface area contributed by atoms with E-state index >= 15 is 0 Å². The summed E-state index contributed by atoms with van der Waals surface area (Å²) in [5.41, 5.74) is 2.41. The van der Waals surface area contributed by atoms with Crippen LogP contribution in [0.25, 0.3) is 5.69 Å². The maximum atomic E-state index is 13.3. The fourth-order valence-corrected chi connectivity index (χ4v) is 3.43. The van der Waals surface area contributed by atoms with E-state index in [1.54, 1.807) is 30.1 Å². The van der Waals surface area contributed by atoms with Gasteiger partial charge in [-0.1, -0.05) is 36.4 Å². The summed E-state index contributed by atoms with van der Waals surface area (Å²) in [4.78, 5) is 14.0. The summed E-state index contributed by atoms with van der Waals surface area (Å²) in [5.74, 6) is -0.392. The Balaban J connectivity index is 1.62. The van der Waals surface area contributed by atoms with Gasteiger partial charge in [0.15, 0.2) is 11.4 Å². The van der Waals surface area contributed by atoms with Gasteiger partial charge in [-0.25, -0.2) is 9.07 Å². The Hall–Kier alpha value is -3.58. The van der Waals surface area contributed by atoms with Crippen molar-refractivity contribution in [3.05, 3.63) is 102 Å². The van der Waals surface area contributed by atoms with E-state index in [2.05, 4.69) is 10.4 Å². The van der Waals surface area contributed by atoms with Gasteiger partial charge < -0.3 is 10.1 Å². The molecule has 1 heterocycles. The third-order valence-electron chi connectivity index (χ3n) is 4.55. The van der Waals surface area contributed by atoms with E-state index in [9.17, 15) is 9.18 Å². The SMILES string of the molecule is CSc1cccc(NC(=O)c2nn(-c3ccc(F)cc3)cc2OCc2ccccc2)c1. The third kappa shape index (κ3) is 5.13. The first-order valence-electron chi connectivity index (χ1n) is 9.60. The van der Waals surface area contributed by atoms with E-state index in [4.69, 9.17) is 4.74 Å². The highest BCUT2D eigenvalue weighted by Gasteiger charge is 2.20. The summed E-state index contributed by atoms with van der Waals surface area (Å²) in [6, 6.07) is 23.1. The second kappa shape index (κ2) is 9.49. The Kier molecular flexibility index (Phi) is 6.33. The molecule has 31 heavy (non-hydrogen) atoms. The lowest BCUT2D eigenvalue weighted by Gasteiger charge is -2.08. The molecule has 0 aliphatic rings. The van der Waals surface area contributed by atoms with E-state index in [-0.39, 0.29) is 24.0 Å². The molecule has 0 spiro atoms. The van der Waals surface area contributed by atoms with E-state index in [0.717, 1.165) is 10.5 Å². The number of carbonyl (C=O) groups is 1. The van der Waals surface area contributed by atoms with Gasteiger partial charge >= 0.3 is 0 Å². The molecule has 0 aliphatic heterocycles. The second-order valence-corrected chi connectivity index (χ2v) is 7.60. The van der Waals surface area contributed by atoms with Crippen molar-refractivity contribution in [2.75, 3.05) is 11.6 Å². The molecule has 0 saturated carbocycles. The molecule has 0 bridgehead atoms. The minimum Gasteiger partial charge on any atom is -0.485 e. The van der Waals surface area contributed by atoms with Crippen molar-refractivity contribution in [1.29, 1.82) is 0 Å². The van der Waals surface area contributed by atoms with E-state index in [0.29, 0.717) is 17.1 Å². The van der Waals surface area contributed by atoms with Crippen molar-refractivity contribution >= 4 is 23.4 Å². The number of aromatic nitrogens is 2. The highest BCUT2D eigenvalue weighted by molar-refractivity contribution is 7.98. The Labute approximate surface area is 183 Å². The Bertz CT molecular complexity index is 1180. The third-order valence-corrected chi connectivity index (χ3v) is 5.28. The molecule has 0 saturated heterocycles. The molecule has 0 atom stereocenters. The van der Waals surface area contributed by atoms with Crippen LogP contribution in [0.4, 0.5) is 10.1 Å². The van der Waals surface area contributed by atoms with Crippen molar-refractivity contribution in [3.63, 3.8) is 0 Å². The van der Waals surface area contributed by atoms with Gasteiger partial charge in [-0.3, -0.25) is 4.79 Å². The number of nitrogens with zero attached hydrogens (tertiary/aromatic N) is 2. The van der Waals surface area contributed by atoms with Crippen LogP contribution in [0.3, 0.4) is 0 Å². The molecule has 1 N–H and O–H groups in total. The average molecular weight is 434 g/mol. The minimum absolute atomic E-state index is 0.148. The Morgan fingerprint density at radius 2 is 1.84 bits per heavy atom. The number of halogens is 1. The molecule has 0 unspecified atom stereocenters. The number of rotatable bonds is 7. The predicted octanol–water partition coefficient (Wildman–Crippen LogP) is 5.56. The first-order chi connectivity index (χ1) is 15.1. The minimum atomic E-state index is -0.387. The zero-order valence-corrected chi connectivity index (χ0v) is 17.6. The molecular formula is C24H20FN3O2S. The normalized spacial score (nSPS) is 10.6. The van der Waals surface area contributed by atoms with Crippen LogP contribution in [-0.2, 0) is 6.61 Å². The van der Waals surface area contributed by atoms with Crippen LogP contribution in [-0.4, -0.2) is 21.9 Å². The topological polar surface area (TPSA) is 56.2 Å². The maximum Gasteiger partial charge on any atom is 0.280 e. The summed E-state index contributed by atoms with van der Waals surface area (Å²) in [5, 5.41) is 7.29. The highest BCUT2D eigenvalue weighted by atomic mass is 32.2. The second-order valence-electron chi connectivity index (χ2n) is 6.72. The van der Waals surface area contributed by atoms with Crippen LogP contribution in [0.1, 0.15) is 16.1 Å². The van der Waals surface area contributed by atoms with Gasteiger partial charge in [0.25, 0.3) is 5.91 Å². The van der Waals surface area contributed by atoms with Crippen LogP contribution >= 0.6 is 11.8 Å². The van der Waals surface area contributed by atoms with Gasteiger partial charge in [0.05, 0.1) is 11.9 Å². The lowest BCUT2D eigenvalue weighted by atomic mass is 10.2. The van der Waals surface area contributed by atoms with Gasteiger partial charge in [-0.15, -0.1) is 11.8 Å². The molecule has 5 nitrogen and oxygen atoms in total. The number of carbonyl (C=O) groups excluding carboxylic acids is 1. The quantitative estimate of drug-likeness (QED) is 0.388. The molecule has 0 radical (unpaired) electrons. The van der Waals surface area contributed by atoms with Gasteiger partial charge in [0, 0.05) is 10.6 Å². The number of hydrogen-bond donors (Lipinski definition) is 1. The van der Waals surface area contributed by atoms with Gasteiger partial charge in [-0.05, 0) is 54.3 Å². The summed E-state index contributed by atoms with van der Waals surface area (Å²) in [6.45, 7) is 0.290. The molecule has 0 aliphatic carbocycles. The molecule has 3 aromatic carbocycles. The summed E-state index contributed by atoms with van der Waals surface area (Å²) < 4.78 is 20.7. The summed E-state index contributed by atoms with van der Waals surface area (Å²) >= 11 is 1.59. The number of hydrogen-bond acceptors (Lipinski definition) is 4. The average Bonchev–Trinajstić information content (AvgIpc) is 3.23. The number of amides is 1. The van der Waals surface area contributed by atoms with Crippen molar-refractivity contribution in [2.24, 2.45) is 0 Å². The zero-order valence-electron chi connectivity index (χ0n) is 16.8. The number of nitrogens with one attached hydrogen (secondary N) is 1. The van der Waals surface area contributed by atoms with Gasteiger partial charge in [0.2, 0.25) is 0 Å². The first kappa shape index (κ1) is 20.7.